The Kier molecular flexibility index (Phi) is 9.18. The molecule has 1 heterocycles. The van der Waals surface area contributed by atoms with Crippen LogP contribution in [0.4, 0.5) is 0 Å². The number of halogens is 1. The molecule has 5 heteroatoms. The molecule has 2 aromatic rings. The number of likely N-dealkylation sites (tertiary alicyclic amines) is 1. The van der Waals surface area contributed by atoms with E-state index in [1.54, 1.807) is 24.9 Å². The zero-order valence-electron chi connectivity index (χ0n) is 17.1. The molecule has 0 amide bonds. The third-order valence-corrected chi connectivity index (χ3v) is 5.95. The Morgan fingerprint density at radius 3 is 2.54 bits per heavy atom. The van der Waals surface area contributed by atoms with Crippen LogP contribution in [0.15, 0.2) is 47.4 Å². The minimum atomic E-state index is 0.514. The second-order valence-electron chi connectivity index (χ2n) is 7.28. The fourth-order valence-corrected chi connectivity index (χ4v) is 4.05. The molecule has 1 aliphatic rings. The smallest absolute Gasteiger partial charge is 0.118 e. The molecule has 0 aromatic heterocycles. The van der Waals surface area contributed by atoms with Crippen LogP contribution in [0.5, 0.6) is 5.75 Å². The molecule has 1 saturated heterocycles. The van der Waals surface area contributed by atoms with Crippen LogP contribution in [0.25, 0.3) is 0 Å². The summed E-state index contributed by atoms with van der Waals surface area (Å²) in [6.45, 7) is 6.94. The minimum absolute atomic E-state index is 0.514. The minimum Gasteiger partial charge on any atom is -0.497 e. The lowest BCUT2D eigenvalue weighted by molar-refractivity contribution is 0.250. The molecule has 1 aliphatic heterocycles. The predicted octanol–water partition coefficient (Wildman–Crippen LogP) is 5.90. The number of nitrogens with zero attached hydrogens (tertiary/aromatic N) is 2. The monoisotopic (exact) mass is 416 g/mol. The Hall–Kier alpha value is -1.67. The van der Waals surface area contributed by atoms with Gasteiger partial charge >= 0.3 is 0 Å². The third kappa shape index (κ3) is 7.05. The maximum absolute atomic E-state index is 8.95. The molecule has 0 bridgehead atoms. The summed E-state index contributed by atoms with van der Waals surface area (Å²) < 4.78 is 5.00. The molecule has 2 unspecified atom stereocenters. The molecule has 0 radical (unpaired) electrons. The summed E-state index contributed by atoms with van der Waals surface area (Å²) in [4.78, 5) is 3.79. The summed E-state index contributed by atoms with van der Waals surface area (Å²) in [5, 5.41) is 9.61. The first-order chi connectivity index (χ1) is 13.4. The Morgan fingerprint density at radius 1 is 1.29 bits per heavy atom. The van der Waals surface area contributed by atoms with Crippen LogP contribution in [0.3, 0.4) is 0 Å². The number of thioether (sulfide) groups is 1. The zero-order valence-corrected chi connectivity index (χ0v) is 18.7. The van der Waals surface area contributed by atoms with Crippen molar-refractivity contribution in [2.45, 2.75) is 37.6 Å². The molecule has 0 aliphatic carbocycles. The highest BCUT2D eigenvalue weighted by molar-refractivity contribution is 7.98. The van der Waals surface area contributed by atoms with Gasteiger partial charge in [0.2, 0.25) is 0 Å². The molecular weight excluding hydrogens is 388 g/mol. The second kappa shape index (κ2) is 11.4. The van der Waals surface area contributed by atoms with Gasteiger partial charge in [0.15, 0.2) is 0 Å². The molecule has 3 rings (SSSR count). The van der Waals surface area contributed by atoms with Crippen molar-refractivity contribution in [2.24, 2.45) is 5.92 Å². The molecule has 150 valence electrons. The van der Waals surface area contributed by atoms with Crippen molar-refractivity contribution < 1.29 is 4.74 Å². The van der Waals surface area contributed by atoms with Crippen LogP contribution in [0, 0.1) is 17.2 Å². The van der Waals surface area contributed by atoms with Crippen LogP contribution >= 0.6 is 23.4 Å². The van der Waals surface area contributed by atoms with E-state index >= 15 is 0 Å². The van der Waals surface area contributed by atoms with E-state index in [1.165, 1.54) is 24.4 Å². The van der Waals surface area contributed by atoms with Crippen molar-refractivity contribution in [3.05, 3.63) is 58.6 Å². The fourth-order valence-electron chi connectivity index (χ4n) is 3.38. The maximum atomic E-state index is 8.95. The van der Waals surface area contributed by atoms with Crippen LogP contribution in [0.1, 0.15) is 31.4 Å². The normalized spacial score (nSPS) is 17.4. The van der Waals surface area contributed by atoms with Gasteiger partial charge in [-0.1, -0.05) is 18.5 Å². The molecule has 1 fully saturated rings. The molecule has 0 saturated carbocycles. The van der Waals surface area contributed by atoms with Crippen molar-refractivity contribution in [1.29, 1.82) is 5.26 Å². The summed E-state index contributed by atoms with van der Waals surface area (Å²) in [6.07, 6.45) is 4.31. The number of rotatable bonds is 5. The van der Waals surface area contributed by atoms with E-state index in [0.717, 1.165) is 23.7 Å². The van der Waals surface area contributed by atoms with Gasteiger partial charge in [-0.05, 0) is 86.5 Å². The Labute approximate surface area is 178 Å². The lowest BCUT2D eigenvalue weighted by Crippen LogP contribution is -2.32. The highest BCUT2D eigenvalue weighted by Gasteiger charge is 2.23. The first-order valence-corrected chi connectivity index (χ1v) is 11.2. The highest BCUT2D eigenvalue weighted by Crippen LogP contribution is 2.22. The third-order valence-electron chi connectivity index (χ3n) is 4.99. The van der Waals surface area contributed by atoms with Crippen molar-refractivity contribution in [1.82, 2.24) is 4.90 Å². The molecule has 0 N–H and O–H groups in total. The lowest BCUT2D eigenvalue weighted by atomic mass is 10.0. The van der Waals surface area contributed by atoms with Gasteiger partial charge in [0.05, 0.1) is 18.7 Å². The highest BCUT2D eigenvalue weighted by atomic mass is 35.5. The molecular formula is C23H29ClN2OS. The molecule has 2 atom stereocenters. The quantitative estimate of drug-likeness (QED) is 0.568. The van der Waals surface area contributed by atoms with Gasteiger partial charge in [0.1, 0.15) is 5.75 Å². The van der Waals surface area contributed by atoms with Crippen LogP contribution in [0.2, 0.25) is 5.02 Å². The van der Waals surface area contributed by atoms with Crippen LogP contribution < -0.4 is 4.74 Å². The maximum Gasteiger partial charge on any atom is 0.118 e. The first kappa shape index (κ1) is 22.6. The van der Waals surface area contributed by atoms with Crippen molar-refractivity contribution in [2.75, 3.05) is 26.5 Å². The van der Waals surface area contributed by atoms with Gasteiger partial charge in [0.25, 0.3) is 0 Å². The Bertz CT molecular complexity index is 765. The number of methoxy groups -OCH3 is 1. The number of hydrogen-bond acceptors (Lipinski definition) is 4. The van der Waals surface area contributed by atoms with E-state index in [-0.39, 0.29) is 0 Å². The van der Waals surface area contributed by atoms with Gasteiger partial charge in [-0.2, -0.15) is 5.26 Å². The van der Waals surface area contributed by atoms with E-state index in [9.17, 15) is 0 Å². The van der Waals surface area contributed by atoms with Crippen LogP contribution in [-0.4, -0.2) is 37.4 Å². The summed E-state index contributed by atoms with van der Waals surface area (Å²) in [6, 6.07) is 16.3. The second-order valence-corrected chi connectivity index (χ2v) is 8.60. The van der Waals surface area contributed by atoms with Crippen molar-refractivity contribution >= 4 is 23.4 Å². The van der Waals surface area contributed by atoms with Crippen molar-refractivity contribution in [3.63, 3.8) is 0 Å². The average Bonchev–Trinajstić information content (AvgIpc) is 3.14. The Morgan fingerprint density at radius 2 is 2.00 bits per heavy atom. The predicted molar refractivity (Wildman–Crippen MR) is 119 cm³/mol. The summed E-state index contributed by atoms with van der Waals surface area (Å²) in [5.74, 6) is 1.72. The van der Waals surface area contributed by atoms with Gasteiger partial charge in [-0.3, -0.25) is 0 Å². The fraction of sp³-hybridized carbons (Fsp3) is 0.435. The summed E-state index contributed by atoms with van der Waals surface area (Å²) in [7, 11) is 1.67. The SMILES string of the molecule is CC1CCN(C(C)Cc2cc(Cl)cc(C#N)c2)C1.COc1ccc(SC)cc1. The van der Waals surface area contributed by atoms with Gasteiger partial charge < -0.3 is 9.64 Å². The standard InChI is InChI=1S/C15H19ClN2.C8H10OS/c1-11-3-4-18(10-11)12(2)5-13-6-14(9-17)8-15(16)7-13;1-9-7-3-5-8(10-2)6-4-7/h6-8,11-12H,3-5,10H2,1-2H3;3-6H,1-2H3. The lowest BCUT2D eigenvalue weighted by Gasteiger charge is -2.24. The van der Waals surface area contributed by atoms with E-state index in [4.69, 9.17) is 21.6 Å². The van der Waals surface area contributed by atoms with E-state index in [1.807, 2.05) is 36.4 Å². The van der Waals surface area contributed by atoms with Gasteiger partial charge in [-0.15, -0.1) is 11.8 Å². The summed E-state index contributed by atoms with van der Waals surface area (Å²) in [5.41, 5.74) is 1.81. The van der Waals surface area contributed by atoms with E-state index in [0.29, 0.717) is 16.6 Å². The van der Waals surface area contributed by atoms with Crippen molar-refractivity contribution in [3.8, 4) is 11.8 Å². The zero-order chi connectivity index (χ0) is 20.5. The average molecular weight is 417 g/mol. The molecule has 3 nitrogen and oxygen atoms in total. The Balaban J connectivity index is 0.000000237. The molecule has 0 spiro atoms. The molecule has 28 heavy (non-hydrogen) atoms. The number of nitriles is 1. The largest absolute Gasteiger partial charge is 0.497 e. The number of ether oxygens (including phenoxy) is 1. The topological polar surface area (TPSA) is 36.3 Å². The van der Waals surface area contributed by atoms with E-state index < -0.39 is 0 Å². The number of hydrogen-bond donors (Lipinski definition) is 0. The number of benzene rings is 2. The summed E-state index contributed by atoms with van der Waals surface area (Å²) >= 11 is 7.76. The van der Waals surface area contributed by atoms with Gasteiger partial charge in [-0.25, -0.2) is 0 Å². The van der Waals surface area contributed by atoms with Crippen LogP contribution in [-0.2, 0) is 6.42 Å². The van der Waals surface area contributed by atoms with Gasteiger partial charge in [0, 0.05) is 22.5 Å². The first-order valence-electron chi connectivity index (χ1n) is 9.56. The van der Waals surface area contributed by atoms with E-state index in [2.05, 4.69) is 31.1 Å². The molecule has 2 aromatic carbocycles.